The highest BCUT2D eigenvalue weighted by Gasteiger charge is 2.30. The lowest BCUT2D eigenvalue weighted by Gasteiger charge is -2.37. The number of hydrogen-bond donors (Lipinski definition) is 2. The molecule has 0 saturated heterocycles. The van der Waals surface area contributed by atoms with E-state index in [9.17, 15) is 5.11 Å². The second-order valence-electron chi connectivity index (χ2n) is 6.11. The SMILES string of the molecule is CC1(NCC(C)(O)c2ccccc2)CCCCC1. The molecule has 0 aromatic heterocycles. The highest BCUT2D eigenvalue weighted by Crippen LogP contribution is 2.29. The van der Waals surface area contributed by atoms with Crippen molar-refractivity contribution in [3.05, 3.63) is 35.9 Å². The predicted octanol–water partition coefficient (Wildman–Crippen LogP) is 3.21. The molecule has 0 aliphatic heterocycles. The molecule has 0 spiro atoms. The summed E-state index contributed by atoms with van der Waals surface area (Å²) in [6.07, 6.45) is 6.40. The van der Waals surface area contributed by atoms with Crippen molar-refractivity contribution in [3.63, 3.8) is 0 Å². The van der Waals surface area contributed by atoms with Gasteiger partial charge in [-0.3, -0.25) is 0 Å². The Kier molecular flexibility index (Phi) is 4.08. The lowest BCUT2D eigenvalue weighted by molar-refractivity contribution is 0.0442. The molecule has 18 heavy (non-hydrogen) atoms. The summed E-state index contributed by atoms with van der Waals surface area (Å²) in [5.41, 5.74) is 0.399. The first-order valence-corrected chi connectivity index (χ1v) is 7.05. The van der Waals surface area contributed by atoms with Gasteiger partial charge in [-0.25, -0.2) is 0 Å². The summed E-state index contributed by atoms with van der Waals surface area (Å²) in [6, 6.07) is 9.92. The van der Waals surface area contributed by atoms with Crippen LogP contribution in [0.25, 0.3) is 0 Å². The van der Waals surface area contributed by atoms with Crippen LogP contribution < -0.4 is 5.32 Å². The lowest BCUT2D eigenvalue weighted by atomic mass is 9.82. The number of rotatable bonds is 4. The first-order chi connectivity index (χ1) is 8.52. The van der Waals surface area contributed by atoms with Crippen molar-refractivity contribution in [1.29, 1.82) is 0 Å². The molecule has 2 nitrogen and oxygen atoms in total. The van der Waals surface area contributed by atoms with E-state index in [2.05, 4.69) is 12.2 Å². The summed E-state index contributed by atoms with van der Waals surface area (Å²) >= 11 is 0. The van der Waals surface area contributed by atoms with Gasteiger partial charge in [0, 0.05) is 12.1 Å². The van der Waals surface area contributed by atoms with E-state index >= 15 is 0 Å². The minimum atomic E-state index is -0.790. The maximum Gasteiger partial charge on any atom is 0.0992 e. The topological polar surface area (TPSA) is 32.3 Å². The van der Waals surface area contributed by atoms with Gasteiger partial charge < -0.3 is 10.4 Å². The van der Waals surface area contributed by atoms with Crippen molar-refractivity contribution in [2.75, 3.05) is 6.54 Å². The molecule has 1 unspecified atom stereocenters. The number of benzene rings is 1. The summed E-state index contributed by atoms with van der Waals surface area (Å²) in [5, 5.41) is 14.2. The first-order valence-electron chi connectivity index (χ1n) is 7.05. The average molecular weight is 247 g/mol. The van der Waals surface area contributed by atoms with Crippen LogP contribution in [0.4, 0.5) is 0 Å². The normalized spacial score (nSPS) is 22.4. The van der Waals surface area contributed by atoms with Crippen LogP contribution >= 0.6 is 0 Å². The highest BCUT2D eigenvalue weighted by atomic mass is 16.3. The van der Waals surface area contributed by atoms with Crippen molar-refractivity contribution in [2.24, 2.45) is 0 Å². The van der Waals surface area contributed by atoms with Gasteiger partial charge in [-0.2, -0.15) is 0 Å². The Hall–Kier alpha value is -0.860. The van der Waals surface area contributed by atoms with Crippen molar-refractivity contribution >= 4 is 0 Å². The number of hydrogen-bond acceptors (Lipinski definition) is 2. The second-order valence-corrected chi connectivity index (χ2v) is 6.11. The molecule has 0 bridgehead atoms. The summed E-state index contributed by atoms with van der Waals surface area (Å²) in [4.78, 5) is 0. The molecule has 1 atom stereocenters. The minimum absolute atomic E-state index is 0.205. The van der Waals surface area contributed by atoms with Crippen LogP contribution in [0.5, 0.6) is 0 Å². The molecule has 0 heterocycles. The fraction of sp³-hybridized carbons (Fsp3) is 0.625. The van der Waals surface area contributed by atoms with Crippen LogP contribution in [-0.2, 0) is 5.60 Å². The number of β-amino-alcohol motifs (C(OH)–C–C–N with tert-alkyl or cyclic N) is 1. The molecule has 1 aromatic rings. The van der Waals surface area contributed by atoms with E-state index in [1.54, 1.807) is 0 Å². The number of aliphatic hydroxyl groups is 1. The first kappa shape index (κ1) is 13.6. The third-order valence-electron chi connectivity index (χ3n) is 4.21. The molecule has 2 rings (SSSR count). The molecule has 2 N–H and O–H groups in total. The van der Waals surface area contributed by atoms with E-state index in [-0.39, 0.29) is 5.54 Å². The van der Waals surface area contributed by atoms with Gasteiger partial charge in [0.15, 0.2) is 0 Å². The molecular weight excluding hydrogens is 222 g/mol. The van der Waals surface area contributed by atoms with Gasteiger partial charge in [-0.05, 0) is 32.3 Å². The average Bonchev–Trinajstić information content (AvgIpc) is 2.39. The summed E-state index contributed by atoms with van der Waals surface area (Å²) in [7, 11) is 0. The van der Waals surface area contributed by atoms with Crippen molar-refractivity contribution in [3.8, 4) is 0 Å². The van der Waals surface area contributed by atoms with Gasteiger partial charge in [-0.1, -0.05) is 49.6 Å². The van der Waals surface area contributed by atoms with Gasteiger partial charge in [0.05, 0.1) is 5.60 Å². The standard InChI is InChI=1S/C16H25NO/c1-15(11-7-4-8-12-15)17-13-16(2,18)14-9-5-3-6-10-14/h3,5-6,9-10,17-18H,4,7-8,11-13H2,1-2H3. The molecule has 2 heteroatoms. The molecule has 1 fully saturated rings. The zero-order valence-electron chi connectivity index (χ0n) is 11.6. The van der Waals surface area contributed by atoms with Crippen LogP contribution in [0.1, 0.15) is 51.5 Å². The smallest absolute Gasteiger partial charge is 0.0992 e. The van der Waals surface area contributed by atoms with Crippen LogP contribution in [-0.4, -0.2) is 17.2 Å². The van der Waals surface area contributed by atoms with Crippen LogP contribution in [0.15, 0.2) is 30.3 Å². The zero-order chi connectivity index (χ0) is 13.1. The maximum atomic E-state index is 10.6. The van der Waals surface area contributed by atoms with Gasteiger partial charge in [0.1, 0.15) is 0 Å². The Morgan fingerprint density at radius 1 is 1.17 bits per heavy atom. The predicted molar refractivity (Wildman–Crippen MR) is 75.5 cm³/mol. The molecule has 1 aliphatic rings. The fourth-order valence-corrected chi connectivity index (χ4v) is 2.79. The quantitative estimate of drug-likeness (QED) is 0.856. The maximum absolute atomic E-state index is 10.6. The molecule has 100 valence electrons. The largest absolute Gasteiger partial charge is 0.384 e. The fourth-order valence-electron chi connectivity index (χ4n) is 2.79. The molecule has 1 aliphatic carbocycles. The summed E-state index contributed by atoms with van der Waals surface area (Å²) in [6.45, 7) is 4.79. The second kappa shape index (κ2) is 5.41. The Morgan fingerprint density at radius 3 is 2.39 bits per heavy atom. The highest BCUT2D eigenvalue weighted by molar-refractivity contribution is 5.21. The van der Waals surface area contributed by atoms with Gasteiger partial charge in [0.25, 0.3) is 0 Å². The van der Waals surface area contributed by atoms with Crippen LogP contribution in [0, 0.1) is 0 Å². The third-order valence-corrected chi connectivity index (χ3v) is 4.21. The Morgan fingerprint density at radius 2 is 1.78 bits per heavy atom. The van der Waals surface area contributed by atoms with Crippen molar-refractivity contribution < 1.29 is 5.11 Å². The molecule has 0 radical (unpaired) electrons. The van der Waals surface area contributed by atoms with Gasteiger partial charge >= 0.3 is 0 Å². The van der Waals surface area contributed by atoms with Crippen LogP contribution in [0.3, 0.4) is 0 Å². The number of nitrogens with one attached hydrogen (secondary N) is 1. The molecular formula is C16H25NO. The Balaban J connectivity index is 1.96. The summed E-state index contributed by atoms with van der Waals surface area (Å²) in [5.74, 6) is 0. The summed E-state index contributed by atoms with van der Waals surface area (Å²) < 4.78 is 0. The molecule has 0 amide bonds. The van der Waals surface area contributed by atoms with Crippen LogP contribution in [0.2, 0.25) is 0 Å². The van der Waals surface area contributed by atoms with E-state index in [0.29, 0.717) is 6.54 Å². The van der Waals surface area contributed by atoms with E-state index < -0.39 is 5.60 Å². The van der Waals surface area contributed by atoms with Gasteiger partial charge in [-0.15, -0.1) is 0 Å². The Bertz CT molecular complexity index is 366. The molecule has 1 aromatic carbocycles. The van der Waals surface area contributed by atoms with E-state index in [4.69, 9.17) is 0 Å². The zero-order valence-corrected chi connectivity index (χ0v) is 11.6. The Labute approximate surface area is 110 Å². The van der Waals surface area contributed by atoms with Crippen molar-refractivity contribution in [1.82, 2.24) is 5.32 Å². The van der Waals surface area contributed by atoms with Gasteiger partial charge in [0.2, 0.25) is 0 Å². The van der Waals surface area contributed by atoms with E-state index in [1.165, 1.54) is 32.1 Å². The van der Waals surface area contributed by atoms with E-state index in [1.807, 2.05) is 37.3 Å². The molecule has 1 saturated carbocycles. The minimum Gasteiger partial charge on any atom is -0.384 e. The van der Waals surface area contributed by atoms with Crippen molar-refractivity contribution in [2.45, 2.75) is 57.1 Å². The van der Waals surface area contributed by atoms with E-state index in [0.717, 1.165) is 5.56 Å². The lowest BCUT2D eigenvalue weighted by Crippen LogP contribution is -2.49. The monoisotopic (exact) mass is 247 g/mol. The third kappa shape index (κ3) is 3.33.